The molecule has 3 N–H and O–H groups in total. The van der Waals surface area contributed by atoms with Gasteiger partial charge in [-0.3, -0.25) is 15.0 Å². The summed E-state index contributed by atoms with van der Waals surface area (Å²) in [6, 6.07) is 0.101. The molecule has 15 heteroatoms. The van der Waals surface area contributed by atoms with Crippen molar-refractivity contribution < 1.29 is 22.8 Å². The van der Waals surface area contributed by atoms with Crippen molar-refractivity contribution in [1.82, 2.24) is 29.7 Å². The summed E-state index contributed by atoms with van der Waals surface area (Å²) in [5, 5.41) is 12.7. The van der Waals surface area contributed by atoms with E-state index in [4.69, 9.17) is 17.0 Å². The largest absolute Gasteiger partial charge is 0.418 e. The van der Waals surface area contributed by atoms with Crippen molar-refractivity contribution in [3.05, 3.63) is 56.6 Å². The van der Waals surface area contributed by atoms with E-state index in [0.717, 1.165) is 17.5 Å². The monoisotopic (exact) mass is 540 g/mol. The van der Waals surface area contributed by atoms with Crippen molar-refractivity contribution in [2.75, 3.05) is 11.9 Å². The first-order valence-corrected chi connectivity index (χ1v) is 11.8. The smallest absolute Gasteiger partial charge is 0.352 e. The van der Waals surface area contributed by atoms with Crippen molar-refractivity contribution >= 4 is 46.4 Å². The standard InChI is InChI=1S/C21H20ClF3N8O2S/c1-10(30-18(34)14-7-28-17-9-32(11(2)26)3-4-33(14)17)20-29-8-15(36-20)19(35)31-16-5-12(21(23,24)25)13(22)6-27-16/h5-8,10,26H,3-4,9H2,1-2H3,(H,30,34)(H,27,31,35)/t10-/m1/s1. The zero-order valence-electron chi connectivity index (χ0n) is 19.0. The molecule has 3 aromatic heterocycles. The fraction of sp³-hybridized carbons (Fsp3) is 0.333. The summed E-state index contributed by atoms with van der Waals surface area (Å²) in [5.74, 6) is -0.262. The molecule has 36 heavy (non-hydrogen) atoms. The quantitative estimate of drug-likeness (QED) is 0.332. The lowest BCUT2D eigenvalue weighted by Gasteiger charge is -2.29. The Morgan fingerprint density at radius 2 is 1.92 bits per heavy atom. The number of amidine groups is 1. The van der Waals surface area contributed by atoms with Crippen LogP contribution >= 0.6 is 22.9 Å². The van der Waals surface area contributed by atoms with E-state index >= 15 is 0 Å². The van der Waals surface area contributed by atoms with Crippen molar-refractivity contribution in [1.29, 1.82) is 5.41 Å². The molecule has 10 nitrogen and oxygen atoms in total. The normalized spacial score (nSPS) is 14.2. The van der Waals surface area contributed by atoms with Gasteiger partial charge in [0.15, 0.2) is 0 Å². The van der Waals surface area contributed by atoms with Crippen molar-refractivity contribution in [3.63, 3.8) is 0 Å². The first kappa shape index (κ1) is 25.6. The first-order valence-electron chi connectivity index (χ1n) is 10.6. The number of nitrogens with zero attached hydrogens (tertiary/aromatic N) is 5. The van der Waals surface area contributed by atoms with Gasteiger partial charge in [-0.2, -0.15) is 13.2 Å². The number of thiazole rings is 1. The Balaban J connectivity index is 1.41. The molecule has 0 fully saturated rings. The maximum atomic E-state index is 13.0. The minimum Gasteiger partial charge on any atom is -0.352 e. The molecule has 0 aliphatic carbocycles. The molecule has 4 rings (SSSR count). The van der Waals surface area contributed by atoms with E-state index < -0.39 is 28.7 Å². The molecule has 190 valence electrons. The molecule has 0 saturated heterocycles. The molecule has 1 aliphatic rings. The number of nitrogens with one attached hydrogen (secondary N) is 3. The molecule has 1 atom stereocenters. The van der Waals surface area contributed by atoms with Crippen LogP contribution in [0.2, 0.25) is 5.02 Å². The van der Waals surface area contributed by atoms with Crippen LogP contribution in [0.15, 0.2) is 24.7 Å². The second-order valence-electron chi connectivity index (χ2n) is 7.98. The van der Waals surface area contributed by atoms with Gasteiger partial charge < -0.3 is 20.1 Å². The Kier molecular flexibility index (Phi) is 7.00. The van der Waals surface area contributed by atoms with Crippen LogP contribution in [0.25, 0.3) is 0 Å². The highest BCUT2D eigenvalue weighted by Crippen LogP contribution is 2.35. The molecule has 4 heterocycles. The van der Waals surface area contributed by atoms with Crippen molar-refractivity contribution in [2.45, 2.75) is 39.2 Å². The van der Waals surface area contributed by atoms with Gasteiger partial charge in [0.25, 0.3) is 11.8 Å². The average Bonchev–Trinajstić information content (AvgIpc) is 3.47. The number of aromatic nitrogens is 4. The zero-order chi connectivity index (χ0) is 26.2. The number of imidazole rings is 1. The summed E-state index contributed by atoms with van der Waals surface area (Å²) in [6.07, 6.45) is -1.13. The highest BCUT2D eigenvalue weighted by atomic mass is 35.5. The van der Waals surface area contributed by atoms with Gasteiger partial charge in [0.2, 0.25) is 0 Å². The van der Waals surface area contributed by atoms with E-state index in [1.807, 2.05) is 4.90 Å². The third kappa shape index (κ3) is 5.33. The summed E-state index contributed by atoms with van der Waals surface area (Å²) in [6.45, 7) is 4.94. The number of hydrogen-bond acceptors (Lipinski definition) is 7. The number of rotatable bonds is 5. The SMILES string of the molecule is CC(=N)N1CCn2c(C(=O)N[C@H](C)c3ncc(C(=O)Nc4cc(C(F)(F)F)c(Cl)cn4)s3)cnc2C1. The van der Waals surface area contributed by atoms with Crippen molar-refractivity contribution in [3.8, 4) is 0 Å². The van der Waals surface area contributed by atoms with Crippen LogP contribution in [-0.2, 0) is 19.3 Å². The van der Waals surface area contributed by atoms with Crippen LogP contribution in [0.5, 0.6) is 0 Å². The Morgan fingerprint density at radius 1 is 1.17 bits per heavy atom. The molecule has 0 aromatic carbocycles. The maximum absolute atomic E-state index is 13.0. The Bertz CT molecular complexity index is 1340. The highest BCUT2D eigenvalue weighted by molar-refractivity contribution is 7.13. The fourth-order valence-electron chi connectivity index (χ4n) is 3.56. The molecule has 0 bridgehead atoms. The van der Waals surface area contributed by atoms with Crippen molar-refractivity contribution in [2.24, 2.45) is 0 Å². The lowest BCUT2D eigenvalue weighted by atomic mass is 10.2. The molecule has 3 aromatic rings. The number of halogens is 4. The summed E-state index contributed by atoms with van der Waals surface area (Å²) >= 11 is 6.54. The van der Waals surface area contributed by atoms with Gasteiger partial charge in [-0.25, -0.2) is 15.0 Å². The number of amides is 2. The lowest BCUT2D eigenvalue weighted by molar-refractivity contribution is -0.137. The van der Waals surface area contributed by atoms with Gasteiger partial charge >= 0.3 is 6.18 Å². The van der Waals surface area contributed by atoms with Crippen LogP contribution in [0, 0.1) is 5.41 Å². The Labute approximate surface area is 212 Å². The number of anilines is 1. The summed E-state index contributed by atoms with van der Waals surface area (Å²) in [4.78, 5) is 39.6. The minimum absolute atomic E-state index is 0.125. The third-order valence-electron chi connectivity index (χ3n) is 5.44. The van der Waals surface area contributed by atoms with E-state index in [-0.39, 0.29) is 16.6 Å². The Hall–Kier alpha value is -3.52. The van der Waals surface area contributed by atoms with E-state index in [9.17, 15) is 22.8 Å². The molecule has 0 unspecified atom stereocenters. The summed E-state index contributed by atoms with van der Waals surface area (Å²) in [7, 11) is 0. The van der Waals surface area contributed by atoms with Gasteiger partial charge in [0, 0.05) is 19.3 Å². The molecular formula is C21H20ClF3N8O2S. The van der Waals surface area contributed by atoms with Gasteiger partial charge in [-0.05, 0) is 19.9 Å². The molecule has 0 radical (unpaired) electrons. The number of pyridine rings is 1. The third-order valence-corrected chi connectivity index (χ3v) is 6.92. The zero-order valence-corrected chi connectivity index (χ0v) is 20.6. The Morgan fingerprint density at radius 3 is 2.61 bits per heavy atom. The molecular weight excluding hydrogens is 521 g/mol. The van der Waals surface area contributed by atoms with Crippen LogP contribution in [0.1, 0.15) is 56.4 Å². The second kappa shape index (κ2) is 9.85. The lowest BCUT2D eigenvalue weighted by Crippen LogP contribution is -2.38. The average molecular weight is 541 g/mol. The molecule has 0 saturated carbocycles. The molecule has 0 spiro atoms. The predicted molar refractivity (Wildman–Crippen MR) is 126 cm³/mol. The van der Waals surface area contributed by atoms with E-state index in [1.165, 1.54) is 12.4 Å². The van der Waals surface area contributed by atoms with E-state index in [1.54, 1.807) is 18.4 Å². The van der Waals surface area contributed by atoms with Gasteiger partial charge in [-0.1, -0.05) is 11.6 Å². The summed E-state index contributed by atoms with van der Waals surface area (Å²) in [5.41, 5.74) is -0.735. The fourth-order valence-corrected chi connectivity index (χ4v) is 4.58. The number of alkyl halides is 3. The van der Waals surface area contributed by atoms with Gasteiger partial charge in [-0.15, -0.1) is 11.3 Å². The van der Waals surface area contributed by atoms with Crippen LogP contribution in [0.3, 0.4) is 0 Å². The number of fused-ring (bicyclic) bond motifs is 1. The second-order valence-corrected chi connectivity index (χ2v) is 9.45. The van der Waals surface area contributed by atoms with Crippen LogP contribution in [-0.4, -0.2) is 48.6 Å². The number of hydrogen-bond donors (Lipinski definition) is 3. The molecule has 2 amide bonds. The van der Waals surface area contributed by atoms with Crippen LogP contribution < -0.4 is 10.6 Å². The van der Waals surface area contributed by atoms with E-state index in [2.05, 4.69) is 25.6 Å². The first-order chi connectivity index (χ1) is 16.9. The molecule has 1 aliphatic heterocycles. The van der Waals surface area contributed by atoms with Crippen LogP contribution in [0.4, 0.5) is 19.0 Å². The maximum Gasteiger partial charge on any atom is 0.418 e. The minimum atomic E-state index is -4.70. The predicted octanol–water partition coefficient (Wildman–Crippen LogP) is 3.96. The number of carbonyl (C=O) groups excluding carboxylic acids is 2. The highest BCUT2D eigenvalue weighted by Gasteiger charge is 2.34. The summed E-state index contributed by atoms with van der Waals surface area (Å²) < 4.78 is 40.9. The topological polar surface area (TPSA) is 129 Å². The van der Waals surface area contributed by atoms with Gasteiger partial charge in [0.05, 0.1) is 41.4 Å². The van der Waals surface area contributed by atoms with Gasteiger partial charge in [0.1, 0.15) is 27.2 Å². The number of carbonyl (C=O) groups is 2. The van der Waals surface area contributed by atoms with E-state index in [0.29, 0.717) is 48.1 Å².